The van der Waals surface area contributed by atoms with Crippen LogP contribution in [0.15, 0.2) is 58.1 Å². The first kappa shape index (κ1) is 17.5. The molecule has 7 nitrogen and oxygen atoms in total. The Hall–Kier alpha value is -3.58. The highest BCUT2D eigenvalue weighted by atomic mass is 16.3. The summed E-state index contributed by atoms with van der Waals surface area (Å²) in [6.07, 6.45) is 0.811. The van der Waals surface area contributed by atoms with Crippen molar-refractivity contribution >= 4 is 10.9 Å². The van der Waals surface area contributed by atoms with Gasteiger partial charge in [0.05, 0.1) is 11.7 Å². The van der Waals surface area contributed by atoms with Crippen LogP contribution in [-0.4, -0.2) is 26.2 Å². The average Bonchev–Trinajstić information content (AvgIpc) is 3.09. The number of rotatable bonds is 2. The van der Waals surface area contributed by atoms with Crippen molar-refractivity contribution in [1.82, 2.24) is 19.9 Å². The number of aromatic hydroxyl groups is 1. The van der Waals surface area contributed by atoms with E-state index in [0.717, 1.165) is 38.7 Å². The molecule has 1 aliphatic rings. The minimum atomic E-state index is -0.668. The number of nitrogens with zero attached hydrogens (tertiary/aromatic N) is 1. The van der Waals surface area contributed by atoms with E-state index in [1.165, 1.54) is 0 Å². The number of aromatic amines is 2. The van der Waals surface area contributed by atoms with E-state index in [1.807, 2.05) is 43.3 Å². The summed E-state index contributed by atoms with van der Waals surface area (Å²) >= 11 is 0. The molecule has 0 saturated carbocycles. The summed E-state index contributed by atoms with van der Waals surface area (Å²) in [5, 5.41) is 15.5. The van der Waals surface area contributed by atoms with Crippen molar-refractivity contribution < 1.29 is 5.11 Å². The van der Waals surface area contributed by atoms with Gasteiger partial charge in [0.15, 0.2) is 0 Å². The molecule has 0 bridgehead atoms. The summed E-state index contributed by atoms with van der Waals surface area (Å²) in [5.74, 6) is -0.350. The Morgan fingerprint density at radius 3 is 2.62 bits per heavy atom. The normalized spacial score (nSPS) is 16.1. The van der Waals surface area contributed by atoms with Crippen LogP contribution in [-0.2, 0) is 6.42 Å². The molecule has 0 unspecified atom stereocenters. The van der Waals surface area contributed by atoms with Gasteiger partial charge < -0.3 is 15.4 Å². The number of nitrogens with one attached hydrogen (secondary N) is 3. The van der Waals surface area contributed by atoms with E-state index in [0.29, 0.717) is 12.2 Å². The van der Waals surface area contributed by atoms with Gasteiger partial charge in [0.1, 0.15) is 5.56 Å². The third kappa shape index (κ3) is 2.62. The molecular weight excluding hydrogens is 368 g/mol. The quantitative estimate of drug-likeness (QED) is 0.423. The lowest BCUT2D eigenvalue weighted by Crippen LogP contribution is -2.38. The van der Waals surface area contributed by atoms with Crippen LogP contribution in [0.3, 0.4) is 0 Å². The van der Waals surface area contributed by atoms with Crippen LogP contribution in [0, 0.1) is 6.92 Å². The Labute approximate surface area is 165 Å². The maximum Gasteiger partial charge on any atom is 0.335 e. The second-order valence-corrected chi connectivity index (χ2v) is 7.32. The van der Waals surface area contributed by atoms with Crippen LogP contribution >= 0.6 is 0 Å². The summed E-state index contributed by atoms with van der Waals surface area (Å²) in [6.45, 7) is 2.50. The molecule has 4 aromatic rings. The number of hydrogen-bond acceptors (Lipinski definition) is 4. The smallest absolute Gasteiger partial charge is 0.335 e. The topological polar surface area (TPSA) is 103 Å². The van der Waals surface area contributed by atoms with E-state index >= 15 is 0 Å². The third-order valence-corrected chi connectivity index (χ3v) is 5.62. The van der Waals surface area contributed by atoms with Gasteiger partial charge >= 0.3 is 5.69 Å². The minimum Gasteiger partial charge on any atom is -0.494 e. The number of fused-ring (bicyclic) bond motifs is 3. The molecular formula is C22H20N4O3. The number of para-hydroxylation sites is 2. The summed E-state index contributed by atoms with van der Waals surface area (Å²) in [4.78, 5) is 31.1. The fraction of sp³-hybridized carbons (Fsp3) is 0.182. The van der Waals surface area contributed by atoms with Crippen LogP contribution in [0.4, 0.5) is 0 Å². The van der Waals surface area contributed by atoms with Gasteiger partial charge in [0.2, 0.25) is 5.88 Å². The SMILES string of the molecule is Cc1ccccc1-n1c(O)c([C@@H]2NCCc3c2[nH]c2ccccc32)c(=O)[nH]c1=O. The predicted octanol–water partition coefficient (Wildman–Crippen LogP) is 2.26. The summed E-state index contributed by atoms with van der Waals surface area (Å²) < 4.78 is 1.16. The molecule has 146 valence electrons. The second kappa shape index (κ2) is 6.49. The zero-order valence-corrected chi connectivity index (χ0v) is 15.8. The average molecular weight is 388 g/mol. The molecule has 2 aromatic carbocycles. The van der Waals surface area contributed by atoms with Crippen molar-refractivity contribution in [3.8, 4) is 11.6 Å². The highest BCUT2D eigenvalue weighted by Crippen LogP contribution is 2.35. The standard InChI is InChI=1S/C22H20N4O3/c1-12-6-2-5-9-16(12)26-21(28)17(20(27)25-22(26)29)19-18-14(10-11-23-19)13-7-3-4-8-15(13)24-18/h2-9,19,23-24,28H,10-11H2,1H3,(H,25,27,29)/t19-/m0/s1. The molecule has 7 heteroatoms. The van der Waals surface area contributed by atoms with Crippen molar-refractivity contribution in [3.05, 3.63) is 91.8 Å². The predicted molar refractivity (Wildman–Crippen MR) is 111 cm³/mol. The van der Waals surface area contributed by atoms with Crippen LogP contribution in [0.5, 0.6) is 5.88 Å². The Morgan fingerprint density at radius 1 is 1.03 bits per heavy atom. The van der Waals surface area contributed by atoms with Crippen LogP contribution in [0.25, 0.3) is 16.6 Å². The number of hydrogen-bond donors (Lipinski definition) is 4. The third-order valence-electron chi connectivity index (χ3n) is 5.62. The van der Waals surface area contributed by atoms with Gasteiger partial charge in [-0.3, -0.25) is 9.78 Å². The highest BCUT2D eigenvalue weighted by Gasteiger charge is 2.31. The van der Waals surface area contributed by atoms with Crippen LogP contribution in [0.1, 0.15) is 28.4 Å². The van der Waals surface area contributed by atoms with E-state index in [-0.39, 0.29) is 11.4 Å². The summed E-state index contributed by atoms with van der Waals surface area (Å²) in [6, 6.07) is 14.6. The molecule has 0 amide bonds. The first-order valence-electron chi connectivity index (χ1n) is 9.53. The molecule has 1 atom stereocenters. The number of aryl methyl sites for hydroxylation is 1. The zero-order chi connectivity index (χ0) is 20.1. The summed E-state index contributed by atoms with van der Waals surface area (Å²) in [5.41, 5.74) is 3.14. The Bertz CT molecular complexity index is 1360. The molecule has 0 spiro atoms. The fourth-order valence-electron chi connectivity index (χ4n) is 4.26. The molecule has 4 N–H and O–H groups in total. The maximum absolute atomic E-state index is 12.8. The van der Waals surface area contributed by atoms with Crippen molar-refractivity contribution in [2.45, 2.75) is 19.4 Å². The van der Waals surface area contributed by atoms with Crippen molar-refractivity contribution in [2.75, 3.05) is 6.54 Å². The molecule has 5 rings (SSSR count). The van der Waals surface area contributed by atoms with Gasteiger partial charge in [-0.15, -0.1) is 0 Å². The second-order valence-electron chi connectivity index (χ2n) is 7.32. The number of benzene rings is 2. The lowest BCUT2D eigenvalue weighted by atomic mass is 9.95. The molecule has 29 heavy (non-hydrogen) atoms. The summed E-state index contributed by atoms with van der Waals surface area (Å²) in [7, 11) is 0. The largest absolute Gasteiger partial charge is 0.494 e. The van der Waals surface area contributed by atoms with E-state index in [4.69, 9.17) is 0 Å². The van der Waals surface area contributed by atoms with E-state index in [2.05, 4.69) is 15.3 Å². The lowest BCUT2D eigenvalue weighted by molar-refractivity contribution is 0.409. The maximum atomic E-state index is 12.8. The Morgan fingerprint density at radius 2 is 1.79 bits per heavy atom. The van der Waals surface area contributed by atoms with Gasteiger partial charge in [-0.2, -0.15) is 0 Å². The van der Waals surface area contributed by atoms with Gasteiger partial charge in [-0.05, 0) is 36.6 Å². The Balaban J connectivity index is 1.77. The fourth-order valence-corrected chi connectivity index (χ4v) is 4.26. The first-order valence-corrected chi connectivity index (χ1v) is 9.53. The number of H-pyrrole nitrogens is 2. The molecule has 1 aliphatic heterocycles. The van der Waals surface area contributed by atoms with Crippen LogP contribution in [0.2, 0.25) is 0 Å². The monoisotopic (exact) mass is 388 g/mol. The van der Waals surface area contributed by atoms with Crippen molar-refractivity contribution in [2.24, 2.45) is 0 Å². The highest BCUT2D eigenvalue weighted by molar-refractivity contribution is 5.85. The van der Waals surface area contributed by atoms with Crippen molar-refractivity contribution in [3.63, 3.8) is 0 Å². The van der Waals surface area contributed by atoms with E-state index in [9.17, 15) is 14.7 Å². The Kier molecular flexibility index (Phi) is 3.92. The molecule has 0 radical (unpaired) electrons. The lowest BCUT2D eigenvalue weighted by Gasteiger charge is -2.25. The molecule has 0 aliphatic carbocycles. The zero-order valence-electron chi connectivity index (χ0n) is 15.8. The first-order chi connectivity index (χ1) is 14.1. The van der Waals surface area contributed by atoms with Crippen LogP contribution < -0.4 is 16.6 Å². The van der Waals surface area contributed by atoms with Gasteiger partial charge in [-0.25, -0.2) is 9.36 Å². The van der Waals surface area contributed by atoms with Crippen molar-refractivity contribution in [1.29, 1.82) is 0 Å². The van der Waals surface area contributed by atoms with Gasteiger partial charge in [0, 0.05) is 23.1 Å². The van der Waals surface area contributed by atoms with E-state index in [1.54, 1.807) is 12.1 Å². The molecule has 0 saturated heterocycles. The van der Waals surface area contributed by atoms with Gasteiger partial charge in [0.25, 0.3) is 5.56 Å². The van der Waals surface area contributed by atoms with Gasteiger partial charge in [-0.1, -0.05) is 36.4 Å². The molecule has 2 aromatic heterocycles. The minimum absolute atomic E-state index is 0.125. The molecule has 3 heterocycles. The molecule has 0 fully saturated rings. The van der Waals surface area contributed by atoms with E-state index < -0.39 is 17.3 Å². The number of aromatic nitrogens is 3.